The Kier molecular flexibility index (Phi) is 4.83. The lowest BCUT2D eigenvalue weighted by Crippen LogP contribution is -2.30. The van der Waals surface area contributed by atoms with Crippen LogP contribution in [0.4, 0.5) is 5.69 Å². The first kappa shape index (κ1) is 13.9. The number of phenols is 1. The SMILES string of the molecule is CCN(C(=O)CCC1CCCC1)c1cccc(O)c1. The zero-order valence-corrected chi connectivity index (χ0v) is 11.6. The largest absolute Gasteiger partial charge is 0.508 e. The maximum atomic E-state index is 12.3. The van der Waals surface area contributed by atoms with Crippen molar-refractivity contribution in [3.63, 3.8) is 0 Å². The quantitative estimate of drug-likeness (QED) is 0.877. The topological polar surface area (TPSA) is 40.5 Å². The Bertz CT molecular complexity index is 425. The van der Waals surface area contributed by atoms with Crippen LogP contribution >= 0.6 is 0 Å². The van der Waals surface area contributed by atoms with Crippen molar-refractivity contribution in [2.45, 2.75) is 45.4 Å². The van der Waals surface area contributed by atoms with Crippen LogP contribution in [0.15, 0.2) is 24.3 Å². The van der Waals surface area contributed by atoms with E-state index in [1.807, 2.05) is 13.0 Å². The molecular formula is C16H23NO2. The number of benzene rings is 1. The molecule has 0 aliphatic heterocycles. The van der Waals surface area contributed by atoms with Gasteiger partial charge in [-0.15, -0.1) is 0 Å². The van der Waals surface area contributed by atoms with Crippen molar-refractivity contribution in [1.29, 1.82) is 0 Å². The van der Waals surface area contributed by atoms with E-state index < -0.39 is 0 Å². The Morgan fingerprint density at radius 1 is 1.37 bits per heavy atom. The average molecular weight is 261 g/mol. The summed E-state index contributed by atoms with van der Waals surface area (Å²) in [5.74, 6) is 1.12. The van der Waals surface area contributed by atoms with Crippen molar-refractivity contribution in [1.82, 2.24) is 0 Å². The number of phenolic OH excluding ortho intramolecular Hbond substituents is 1. The Morgan fingerprint density at radius 2 is 2.11 bits per heavy atom. The summed E-state index contributed by atoms with van der Waals surface area (Å²) in [6, 6.07) is 6.92. The summed E-state index contributed by atoms with van der Waals surface area (Å²) in [5, 5.41) is 9.50. The summed E-state index contributed by atoms with van der Waals surface area (Å²) >= 11 is 0. The highest BCUT2D eigenvalue weighted by molar-refractivity contribution is 5.93. The maximum Gasteiger partial charge on any atom is 0.226 e. The number of anilines is 1. The summed E-state index contributed by atoms with van der Waals surface area (Å²) < 4.78 is 0. The minimum Gasteiger partial charge on any atom is -0.508 e. The molecule has 0 aromatic heterocycles. The molecule has 0 radical (unpaired) electrons. The lowest BCUT2D eigenvalue weighted by molar-refractivity contribution is -0.118. The summed E-state index contributed by atoms with van der Waals surface area (Å²) in [6.45, 7) is 2.62. The Labute approximate surface area is 115 Å². The van der Waals surface area contributed by atoms with Gasteiger partial charge in [-0.25, -0.2) is 0 Å². The summed E-state index contributed by atoms with van der Waals surface area (Å²) in [6.07, 6.45) is 6.84. The van der Waals surface area contributed by atoms with E-state index >= 15 is 0 Å². The van der Waals surface area contributed by atoms with Gasteiger partial charge in [0.1, 0.15) is 5.75 Å². The lowest BCUT2D eigenvalue weighted by atomic mass is 10.0. The molecule has 0 spiro atoms. The monoisotopic (exact) mass is 261 g/mol. The van der Waals surface area contributed by atoms with Crippen molar-refractivity contribution < 1.29 is 9.90 Å². The summed E-state index contributed by atoms with van der Waals surface area (Å²) in [4.78, 5) is 14.0. The van der Waals surface area contributed by atoms with E-state index in [1.165, 1.54) is 25.7 Å². The Morgan fingerprint density at radius 3 is 2.74 bits per heavy atom. The van der Waals surface area contributed by atoms with E-state index in [0.717, 1.165) is 18.0 Å². The molecule has 3 heteroatoms. The van der Waals surface area contributed by atoms with Crippen molar-refractivity contribution >= 4 is 11.6 Å². The van der Waals surface area contributed by atoms with Crippen LogP contribution in [0.5, 0.6) is 5.75 Å². The van der Waals surface area contributed by atoms with E-state index in [4.69, 9.17) is 0 Å². The molecule has 2 rings (SSSR count). The highest BCUT2D eigenvalue weighted by Crippen LogP contribution is 2.29. The number of hydrogen-bond donors (Lipinski definition) is 1. The maximum absolute atomic E-state index is 12.3. The molecular weight excluding hydrogens is 238 g/mol. The molecule has 1 N–H and O–H groups in total. The number of carbonyl (C=O) groups excluding carboxylic acids is 1. The van der Waals surface area contributed by atoms with Crippen LogP contribution in [-0.4, -0.2) is 17.6 Å². The third-order valence-electron chi connectivity index (χ3n) is 4.00. The van der Waals surface area contributed by atoms with E-state index in [-0.39, 0.29) is 11.7 Å². The molecule has 1 aromatic carbocycles. The van der Waals surface area contributed by atoms with Gasteiger partial charge in [0.2, 0.25) is 5.91 Å². The molecule has 0 saturated heterocycles. The fraction of sp³-hybridized carbons (Fsp3) is 0.562. The van der Waals surface area contributed by atoms with Crippen LogP contribution in [-0.2, 0) is 4.79 Å². The molecule has 0 unspecified atom stereocenters. The van der Waals surface area contributed by atoms with Crippen molar-refractivity contribution in [2.24, 2.45) is 5.92 Å². The average Bonchev–Trinajstić information content (AvgIpc) is 2.90. The molecule has 1 fully saturated rings. The Hall–Kier alpha value is -1.51. The number of amides is 1. The molecule has 104 valence electrons. The fourth-order valence-corrected chi connectivity index (χ4v) is 2.93. The van der Waals surface area contributed by atoms with E-state index in [1.54, 1.807) is 23.1 Å². The Balaban J connectivity index is 1.94. The van der Waals surface area contributed by atoms with Gasteiger partial charge in [0.05, 0.1) is 0 Å². The molecule has 0 bridgehead atoms. The zero-order valence-electron chi connectivity index (χ0n) is 11.6. The molecule has 19 heavy (non-hydrogen) atoms. The molecule has 1 amide bonds. The molecule has 1 aliphatic carbocycles. The van der Waals surface area contributed by atoms with Gasteiger partial charge < -0.3 is 10.0 Å². The fourth-order valence-electron chi connectivity index (χ4n) is 2.93. The highest BCUT2D eigenvalue weighted by atomic mass is 16.3. The van der Waals surface area contributed by atoms with Crippen LogP contribution < -0.4 is 4.90 Å². The molecule has 0 atom stereocenters. The van der Waals surface area contributed by atoms with Crippen molar-refractivity contribution in [3.05, 3.63) is 24.3 Å². The highest BCUT2D eigenvalue weighted by Gasteiger charge is 2.19. The van der Waals surface area contributed by atoms with Crippen LogP contribution in [0.2, 0.25) is 0 Å². The molecule has 1 aliphatic rings. The second-order valence-corrected chi connectivity index (χ2v) is 5.35. The number of hydrogen-bond acceptors (Lipinski definition) is 2. The van der Waals surface area contributed by atoms with Gasteiger partial charge >= 0.3 is 0 Å². The van der Waals surface area contributed by atoms with Crippen LogP contribution in [0.25, 0.3) is 0 Å². The minimum atomic E-state index is 0.167. The summed E-state index contributed by atoms with van der Waals surface area (Å²) in [7, 11) is 0. The van der Waals surface area contributed by atoms with Crippen molar-refractivity contribution in [3.8, 4) is 5.75 Å². The second-order valence-electron chi connectivity index (χ2n) is 5.35. The smallest absolute Gasteiger partial charge is 0.226 e. The lowest BCUT2D eigenvalue weighted by Gasteiger charge is -2.22. The van der Waals surface area contributed by atoms with E-state index in [0.29, 0.717) is 13.0 Å². The predicted molar refractivity (Wildman–Crippen MR) is 77.3 cm³/mol. The third-order valence-corrected chi connectivity index (χ3v) is 4.00. The standard InChI is InChI=1S/C16H23NO2/c1-2-17(14-8-5-9-15(18)12-14)16(19)11-10-13-6-3-4-7-13/h5,8-9,12-13,18H,2-4,6-7,10-11H2,1H3. The number of carbonyl (C=O) groups is 1. The van der Waals surface area contributed by atoms with Gasteiger partial charge in [0.15, 0.2) is 0 Å². The van der Waals surface area contributed by atoms with Crippen molar-refractivity contribution in [2.75, 3.05) is 11.4 Å². The summed E-state index contributed by atoms with van der Waals surface area (Å²) in [5.41, 5.74) is 0.791. The number of nitrogens with zero attached hydrogens (tertiary/aromatic N) is 1. The first-order valence-electron chi connectivity index (χ1n) is 7.30. The number of rotatable bonds is 5. The number of aromatic hydroxyl groups is 1. The van der Waals surface area contributed by atoms with Gasteiger partial charge in [0, 0.05) is 24.7 Å². The molecule has 1 aromatic rings. The first-order valence-corrected chi connectivity index (χ1v) is 7.30. The van der Waals surface area contributed by atoms with E-state index in [9.17, 15) is 9.90 Å². The molecule has 0 heterocycles. The van der Waals surface area contributed by atoms with Gasteiger partial charge in [-0.05, 0) is 31.4 Å². The van der Waals surface area contributed by atoms with E-state index in [2.05, 4.69) is 0 Å². The van der Waals surface area contributed by atoms with Gasteiger partial charge in [-0.1, -0.05) is 31.7 Å². The molecule has 1 saturated carbocycles. The van der Waals surface area contributed by atoms with Crippen LogP contribution in [0, 0.1) is 5.92 Å². The molecule has 3 nitrogen and oxygen atoms in total. The third kappa shape index (κ3) is 3.72. The predicted octanol–water partition coefficient (Wildman–Crippen LogP) is 3.72. The zero-order chi connectivity index (χ0) is 13.7. The van der Waals surface area contributed by atoms with Crippen LogP contribution in [0.1, 0.15) is 45.4 Å². The van der Waals surface area contributed by atoms with Gasteiger partial charge in [-0.2, -0.15) is 0 Å². The normalized spacial score (nSPS) is 15.6. The second kappa shape index (κ2) is 6.60. The van der Waals surface area contributed by atoms with Gasteiger partial charge in [-0.3, -0.25) is 4.79 Å². The van der Waals surface area contributed by atoms with Crippen LogP contribution in [0.3, 0.4) is 0 Å². The minimum absolute atomic E-state index is 0.167. The first-order chi connectivity index (χ1) is 9.20. The van der Waals surface area contributed by atoms with Gasteiger partial charge in [0.25, 0.3) is 0 Å².